The van der Waals surface area contributed by atoms with Gasteiger partial charge >= 0.3 is 6.09 Å². The molecule has 1 N–H and O–H groups in total. The highest BCUT2D eigenvalue weighted by Crippen LogP contribution is 2.30. The van der Waals surface area contributed by atoms with Gasteiger partial charge in [0.25, 0.3) is 0 Å². The van der Waals surface area contributed by atoms with Gasteiger partial charge in [0.1, 0.15) is 17.7 Å². The van der Waals surface area contributed by atoms with Crippen molar-refractivity contribution in [2.45, 2.75) is 51.8 Å². The summed E-state index contributed by atoms with van der Waals surface area (Å²) in [6, 6.07) is 16.9. The molecule has 1 aromatic heterocycles. The van der Waals surface area contributed by atoms with Crippen molar-refractivity contribution in [3.63, 3.8) is 0 Å². The minimum Gasteiger partial charge on any atom is -0.445 e. The molecule has 2 aromatic carbocycles. The molecule has 2 heterocycles. The largest absolute Gasteiger partial charge is 0.445 e. The number of thiazole rings is 1. The van der Waals surface area contributed by atoms with E-state index < -0.39 is 12.1 Å². The van der Waals surface area contributed by atoms with Crippen LogP contribution in [0.25, 0.3) is 10.2 Å². The first-order valence-corrected chi connectivity index (χ1v) is 12.0. The lowest BCUT2D eigenvalue weighted by Crippen LogP contribution is -2.47. The maximum absolute atomic E-state index is 13.2. The molecule has 1 saturated heterocycles. The molecule has 0 bridgehead atoms. The van der Waals surface area contributed by atoms with Gasteiger partial charge in [0.15, 0.2) is 0 Å². The van der Waals surface area contributed by atoms with Crippen LogP contribution in [0.4, 0.5) is 4.79 Å². The summed E-state index contributed by atoms with van der Waals surface area (Å²) < 4.78 is 6.59. The zero-order chi connectivity index (χ0) is 22.5. The zero-order valence-electron chi connectivity index (χ0n) is 18.5. The summed E-state index contributed by atoms with van der Waals surface area (Å²) in [6.45, 7) is 5.00. The first-order valence-electron chi connectivity index (χ1n) is 11.1. The van der Waals surface area contributed by atoms with Crippen molar-refractivity contribution in [2.24, 2.45) is 5.92 Å². The number of carbonyl (C=O) groups is 2. The molecule has 0 aliphatic carbocycles. The van der Waals surface area contributed by atoms with Crippen LogP contribution in [0.1, 0.15) is 49.7 Å². The summed E-state index contributed by atoms with van der Waals surface area (Å²) >= 11 is 1.61. The smallest absolute Gasteiger partial charge is 0.410 e. The van der Waals surface area contributed by atoms with Crippen molar-refractivity contribution < 1.29 is 14.3 Å². The summed E-state index contributed by atoms with van der Waals surface area (Å²) in [7, 11) is 0. The summed E-state index contributed by atoms with van der Waals surface area (Å²) in [4.78, 5) is 32.2. The molecule has 4 rings (SSSR count). The number of amides is 2. The zero-order valence-corrected chi connectivity index (χ0v) is 19.3. The van der Waals surface area contributed by atoms with Gasteiger partial charge in [0.05, 0.1) is 16.3 Å². The van der Waals surface area contributed by atoms with Crippen molar-refractivity contribution in [1.82, 2.24) is 15.2 Å². The number of benzene rings is 2. The van der Waals surface area contributed by atoms with Crippen LogP contribution in [-0.4, -0.2) is 34.5 Å². The van der Waals surface area contributed by atoms with E-state index >= 15 is 0 Å². The normalized spacial score (nSPS) is 17.0. The lowest BCUT2D eigenvalue weighted by Gasteiger charge is -2.26. The van der Waals surface area contributed by atoms with Gasteiger partial charge in [-0.05, 0) is 42.9 Å². The Bertz CT molecular complexity index is 1030. The van der Waals surface area contributed by atoms with Crippen LogP contribution < -0.4 is 5.32 Å². The van der Waals surface area contributed by atoms with E-state index in [9.17, 15) is 9.59 Å². The van der Waals surface area contributed by atoms with Crippen LogP contribution in [0.15, 0.2) is 54.6 Å². The molecular formula is C25H29N3O3S. The van der Waals surface area contributed by atoms with E-state index in [2.05, 4.69) is 19.2 Å². The highest BCUT2D eigenvalue weighted by molar-refractivity contribution is 7.18. The Hall–Kier alpha value is -2.93. The van der Waals surface area contributed by atoms with Crippen molar-refractivity contribution in [3.8, 4) is 0 Å². The highest BCUT2D eigenvalue weighted by Gasteiger charge is 2.36. The second-order valence-electron chi connectivity index (χ2n) is 8.60. The first-order chi connectivity index (χ1) is 15.5. The van der Waals surface area contributed by atoms with Crippen LogP contribution in [-0.2, 0) is 16.1 Å². The fourth-order valence-electron chi connectivity index (χ4n) is 4.06. The molecule has 32 heavy (non-hydrogen) atoms. The third-order valence-electron chi connectivity index (χ3n) is 5.63. The predicted molar refractivity (Wildman–Crippen MR) is 126 cm³/mol. The summed E-state index contributed by atoms with van der Waals surface area (Å²) in [5.41, 5.74) is 1.87. The van der Waals surface area contributed by atoms with Crippen LogP contribution >= 0.6 is 11.3 Å². The number of aromatic nitrogens is 1. The summed E-state index contributed by atoms with van der Waals surface area (Å²) in [5, 5.41) is 4.09. The average molecular weight is 452 g/mol. The predicted octanol–water partition coefficient (Wildman–Crippen LogP) is 5.30. The molecule has 6 nitrogen and oxygen atoms in total. The molecule has 0 spiro atoms. The van der Waals surface area contributed by atoms with Crippen molar-refractivity contribution >= 4 is 33.6 Å². The van der Waals surface area contributed by atoms with Crippen molar-refractivity contribution in [3.05, 3.63) is 65.2 Å². The van der Waals surface area contributed by atoms with E-state index in [4.69, 9.17) is 9.72 Å². The van der Waals surface area contributed by atoms with Gasteiger partial charge in [-0.15, -0.1) is 11.3 Å². The van der Waals surface area contributed by atoms with Gasteiger partial charge in [-0.3, -0.25) is 9.69 Å². The average Bonchev–Trinajstić information content (AvgIpc) is 3.45. The second kappa shape index (κ2) is 10.1. The monoisotopic (exact) mass is 451 g/mol. The fraction of sp³-hybridized carbons (Fsp3) is 0.400. The van der Waals surface area contributed by atoms with Gasteiger partial charge in [0.2, 0.25) is 5.91 Å². The third-order valence-corrected chi connectivity index (χ3v) is 6.78. The van der Waals surface area contributed by atoms with Crippen LogP contribution in [0.3, 0.4) is 0 Å². The number of para-hydroxylation sites is 1. The van der Waals surface area contributed by atoms with Gasteiger partial charge < -0.3 is 10.1 Å². The Labute approximate surface area is 192 Å². The van der Waals surface area contributed by atoms with Gasteiger partial charge in [0, 0.05) is 6.54 Å². The molecule has 2 atom stereocenters. The standard InChI is InChI=1S/C25H29N3O3S/c1-17(2)15-20(24-27-19-11-6-7-13-22(19)32-24)26-23(29)21-12-8-14-28(21)25(30)31-16-18-9-4-3-5-10-18/h3-7,9-11,13,17,20-21H,8,12,14-16H2,1-2H3,(H,26,29)/t20-,21-/m0/s1. The quantitative estimate of drug-likeness (QED) is 0.529. The Morgan fingerprint density at radius 1 is 1.16 bits per heavy atom. The topological polar surface area (TPSA) is 71.5 Å². The van der Waals surface area contributed by atoms with Crippen molar-refractivity contribution in [2.75, 3.05) is 6.54 Å². The van der Waals surface area contributed by atoms with E-state index in [1.54, 1.807) is 16.2 Å². The van der Waals surface area contributed by atoms with Crippen LogP contribution in [0.5, 0.6) is 0 Å². The van der Waals surface area contributed by atoms with Gasteiger partial charge in [-0.2, -0.15) is 0 Å². The fourth-order valence-corrected chi connectivity index (χ4v) is 5.09. The van der Waals surface area contributed by atoms with Crippen LogP contribution in [0, 0.1) is 5.92 Å². The molecule has 0 unspecified atom stereocenters. The number of nitrogens with one attached hydrogen (secondary N) is 1. The second-order valence-corrected chi connectivity index (χ2v) is 9.66. The lowest BCUT2D eigenvalue weighted by atomic mass is 10.0. The van der Waals surface area contributed by atoms with Crippen LogP contribution in [0.2, 0.25) is 0 Å². The van der Waals surface area contributed by atoms with E-state index in [0.717, 1.165) is 33.6 Å². The Morgan fingerprint density at radius 3 is 2.66 bits per heavy atom. The van der Waals surface area contributed by atoms with E-state index in [0.29, 0.717) is 18.9 Å². The number of likely N-dealkylation sites (tertiary alicyclic amines) is 1. The molecule has 2 amide bonds. The highest BCUT2D eigenvalue weighted by atomic mass is 32.1. The first kappa shape index (κ1) is 22.3. The number of hydrogen-bond acceptors (Lipinski definition) is 5. The molecule has 7 heteroatoms. The minimum absolute atomic E-state index is 0.135. The van der Waals surface area contributed by atoms with E-state index in [-0.39, 0.29) is 18.6 Å². The molecule has 0 radical (unpaired) electrons. The SMILES string of the molecule is CC(C)C[C@H](NC(=O)[C@@H]1CCCN1C(=O)OCc1ccccc1)c1nc2ccccc2s1. The molecule has 168 valence electrons. The maximum atomic E-state index is 13.2. The minimum atomic E-state index is -0.512. The van der Waals surface area contributed by atoms with Gasteiger partial charge in [-0.1, -0.05) is 56.3 Å². The Balaban J connectivity index is 1.44. The number of carbonyl (C=O) groups excluding carboxylic acids is 2. The summed E-state index contributed by atoms with van der Waals surface area (Å²) in [5.74, 6) is 0.256. The number of fused-ring (bicyclic) bond motifs is 1. The van der Waals surface area contributed by atoms with Gasteiger partial charge in [-0.25, -0.2) is 9.78 Å². The van der Waals surface area contributed by atoms with E-state index in [1.165, 1.54) is 0 Å². The molecule has 1 fully saturated rings. The number of nitrogens with zero attached hydrogens (tertiary/aromatic N) is 2. The van der Waals surface area contributed by atoms with E-state index in [1.807, 2.05) is 54.6 Å². The number of hydrogen-bond donors (Lipinski definition) is 1. The molecular weight excluding hydrogens is 422 g/mol. The number of rotatable bonds is 7. The molecule has 1 aliphatic rings. The Kier molecular flexibility index (Phi) is 7.05. The van der Waals surface area contributed by atoms with Crippen molar-refractivity contribution in [1.29, 1.82) is 0 Å². The lowest BCUT2D eigenvalue weighted by molar-refractivity contribution is -0.126. The number of ether oxygens (including phenoxy) is 1. The summed E-state index contributed by atoms with van der Waals surface area (Å²) in [6.07, 6.45) is 1.78. The third kappa shape index (κ3) is 5.27. The molecule has 3 aromatic rings. The Morgan fingerprint density at radius 2 is 1.91 bits per heavy atom. The molecule has 1 aliphatic heterocycles. The molecule has 0 saturated carbocycles. The maximum Gasteiger partial charge on any atom is 0.410 e.